The second-order valence-corrected chi connectivity index (χ2v) is 2.05. The number of rotatable bonds is 1. The minimum atomic E-state index is 0.590. The van der Waals surface area contributed by atoms with E-state index in [0.29, 0.717) is 5.69 Å². The van der Waals surface area contributed by atoms with Gasteiger partial charge in [-0.3, -0.25) is 0 Å². The van der Waals surface area contributed by atoms with Crippen molar-refractivity contribution < 1.29 is 0 Å². The zero-order valence-electron chi connectivity index (χ0n) is 5.52. The molecule has 48 valence electrons. The molecular formula is C8H10N-. The van der Waals surface area contributed by atoms with E-state index >= 15 is 0 Å². The van der Waals surface area contributed by atoms with Crippen LogP contribution in [0.2, 0.25) is 0 Å². The van der Waals surface area contributed by atoms with E-state index < -0.39 is 0 Å². The summed E-state index contributed by atoms with van der Waals surface area (Å²) in [7, 11) is 0. The first-order valence-electron chi connectivity index (χ1n) is 3.13. The molecule has 0 aliphatic heterocycles. The van der Waals surface area contributed by atoms with Gasteiger partial charge in [0.1, 0.15) is 0 Å². The van der Waals surface area contributed by atoms with Crippen molar-refractivity contribution in [1.29, 1.82) is 0 Å². The molecule has 1 rings (SSSR count). The van der Waals surface area contributed by atoms with E-state index in [2.05, 4.69) is 6.92 Å². The Labute approximate surface area is 55.5 Å². The van der Waals surface area contributed by atoms with Crippen molar-refractivity contribution >= 4 is 5.69 Å². The largest absolute Gasteiger partial charge is 0.699 e. The molecule has 0 fully saturated rings. The Bertz CT molecular complexity index is 176. The van der Waals surface area contributed by atoms with Gasteiger partial charge in [-0.15, -0.1) is 5.69 Å². The quantitative estimate of drug-likeness (QED) is 0.544. The maximum atomic E-state index is 7.17. The SMILES string of the molecule is CCc1ccc([NH-])cc1. The maximum absolute atomic E-state index is 7.17. The molecule has 1 N–H and O–H groups in total. The molecule has 0 bridgehead atoms. The Hall–Kier alpha value is -0.980. The lowest BCUT2D eigenvalue weighted by Crippen LogP contribution is -1.74. The lowest BCUT2D eigenvalue weighted by atomic mass is 10.2. The van der Waals surface area contributed by atoms with Gasteiger partial charge in [-0.05, 0) is 12.0 Å². The van der Waals surface area contributed by atoms with E-state index in [1.807, 2.05) is 24.3 Å². The van der Waals surface area contributed by atoms with Crippen LogP contribution in [0, 0.1) is 0 Å². The summed E-state index contributed by atoms with van der Waals surface area (Å²) in [5, 5.41) is 0. The summed E-state index contributed by atoms with van der Waals surface area (Å²) in [5.74, 6) is 0. The monoisotopic (exact) mass is 120 g/mol. The Balaban J connectivity index is 2.88. The predicted molar refractivity (Wildman–Crippen MR) is 39.8 cm³/mol. The molecule has 0 aliphatic rings. The van der Waals surface area contributed by atoms with Crippen LogP contribution >= 0.6 is 0 Å². The van der Waals surface area contributed by atoms with Crippen LogP contribution in [-0.2, 0) is 6.42 Å². The molecule has 1 nitrogen and oxygen atoms in total. The summed E-state index contributed by atoms with van der Waals surface area (Å²) in [4.78, 5) is 0. The number of benzene rings is 1. The summed E-state index contributed by atoms with van der Waals surface area (Å²) >= 11 is 0. The van der Waals surface area contributed by atoms with Crippen LogP contribution < -0.4 is 0 Å². The molecule has 9 heavy (non-hydrogen) atoms. The van der Waals surface area contributed by atoms with Gasteiger partial charge >= 0.3 is 0 Å². The summed E-state index contributed by atoms with van der Waals surface area (Å²) in [6.45, 7) is 2.11. The van der Waals surface area contributed by atoms with Crippen LogP contribution in [0.25, 0.3) is 5.73 Å². The second-order valence-electron chi connectivity index (χ2n) is 2.05. The second kappa shape index (κ2) is 2.53. The van der Waals surface area contributed by atoms with Crippen LogP contribution in [-0.4, -0.2) is 0 Å². The molecule has 0 spiro atoms. The van der Waals surface area contributed by atoms with E-state index in [0.717, 1.165) is 6.42 Å². The van der Waals surface area contributed by atoms with Crippen LogP contribution in [0.3, 0.4) is 0 Å². The zero-order valence-corrected chi connectivity index (χ0v) is 5.52. The highest BCUT2D eigenvalue weighted by molar-refractivity contribution is 5.43. The molecule has 0 aliphatic carbocycles. The topological polar surface area (TPSA) is 23.8 Å². The Morgan fingerprint density at radius 2 is 1.78 bits per heavy atom. The number of aryl methyl sites for hydroxylation is 1. The molecule has 0 atom stereocenters. The fourth-order valence-corrected chi connectivity index (χ4v) is 0.740. The molecule has 0 amide bonds. The van der Waals surface area contributed by atoms with Crippen LogP contribution in [0.1, 0.15) is 12.5 Å². The van der Waals surface area contributed by atoms with Gasteiger partial charge < -0.3 is 5.73 Å². The third-order valence-corrected chi connectivity index (χ3v) is 1.36. The van der Waals surface area contributed by atoms with Gasteiger partial charge in [0, 0.05) is 0 Å². The minimum absolute atomic E-state index is 0.590. The number of hydrogen-bond donors (Lipinski definition) is 0. The van der Waals surface area contributed by atoms with Crippen molar-refractivity contribution in [2.45, 2.75) is 13.3 Å². The van der Waals surface area contributed by atoms with Gasteiger partial charge in [0.25, 0.3) is 0 Å². The average Bonchev–Trinajstić information content (AvgIpc) is 1.90. The highest BCUT2D eigenvalue weighted by Crippen LogP contribution is 2.10. The zero-order chi connectivity index (χ0) is 6.69. The fraction of sp³-hybridized carbons (Fsp3) is 0.250. The van der Waals surface area contributed by atoms with Crippen molar-refractivity contribution in [2.75, 3.05) is 0 Å². The molecular weight excluding hydrogens is 110 g/mol. The van der Waals surface area contributed by atoms with Crippen LogP contribution in [0.5, 0.6) is 0 Å². The Kier molecular flexibility index (Phi) is 1.73. The third-order valence-electron chi connectivity index (χ3n) is 1.36. The van der Waals surface area contributed by atoms with E-state index in [1.165, 1.54) is 5.56 Å². The third kappa shape index (κ3) is 1.46. The van der Waals surface area contributed by atoms with Gasteiger partial charge in [0.2, 0.25) is 0 Å². The molecule has 0 unspecified atom stereocenters. The summed E-state index contributed by atoms with van der Waals surface area (Å²) in [5.41, 5.74) is 9.05. The molecule has 0 radical (unpaired) electrons. The van der Waals surface area contributed by atoms with Crippen molar-refractivity contribution in [3.8, 4) is 0 Å². The Morgan fingerprint density at radius 1 is 1.22 bits per heavy atom. The highest BCUT2D eigenvalue weighted by atomic mass is 14.5. The van der Waals surface area contributed by atoms with Gasteiger partial charge in [0.05, 0.1) is 0 Å². The van der Waals surface area contributed by atoms with Gasteiger partial charge in [-0.1, -0.05) is 31.2 Å². The van der Waals surface area contributed by atoms with Gasteiger partial charge in [0.15, 0.2) is 0 Å². The van der Waals surface area contributed by atoms with Gasteiger partial charge in [-0.2, -0.15) is 0 Å². The molecule has 0 heterocycles. The van der Waals surface area contributed by atoms with Crippen molar-refractivity contribution in [3.05, 3.63) is 35.6 Å². The lowest BCUT2D eigenvalue weighted by molar-refractivity contribution is 1.14. The standard InChI is InChI=1S/C8H10N/c1-2-7-3-5-8(9)6-4-7/h3-6,9H,2H2,1H3/q-1. The summed E-state index contributed by atoms with van der Waals surface area (Å²) < 4.78 is 0. The van der Waals surface area contributed by atoms with Crippen molar-refractivity contribution in [1.82, 2.24) is 0 Å². The normalized spacial score (nSPS) is 9.44. The van der Waals surface area contributed by atoms with E-state index in [4.69, 9.17) is 5.73 Å². The number of nitrogens with one attached hydrogen (secondary N) is 1. The van der Waals surface area contributed by atoms with Gasteiger partial charge in [-0.25, -0.2) is 0 Å². The molecule has 1 aromatic carbocycles. The van der Waals surface area contributed by atoms with Crippen molar-refractivity contribution in [2.24, 2.45) is 0 Å². The van der Waals surface area contributed by atoms with Crippen LogP contribution in [0.15, 0.2) is 24.3 Å². The first kappa shape index (κ1) is 6.14. The van der Waals surface area contributed by atoms with E-state index in [-0.39, 0.29) is 0 Å². The van der Waals surface area contributed by atoms with Crippen molar-refractivity contribution in [3.63, 3.8) is 0 Å². The summed E-state index contributed by atoms with van der Waals surface area (Å²) in [6.07, 6.45) is 1.06. The minimum Gasteiger partial charge on any atom is -0.699 e. The predicted octanol–water partition coefficient (Wildman–Crippen LogP) is 2.93. The molecule has 0 aromatic heterocycles. The average molecular weight is 120 g/mol. The molecule has 0 saturated heterocycles. The van der Waals surface area contributed by atoms with Crippen LogP contribution in [0.4, 0.5) is 5.69 Å². The highest BCUT2D eigenvalue weighted by Gasteiger charge is 1.81. The maximum Gasteiger partial charge on any atom is -0.0307 e. The Morgan fingerprint density at radius 3 is 2.22 bits per heavy atom. The van der Waals surface area contributed by atoms with E-state index in [1.54, 1.807) is 0 Å². The first-order chi connectivity index (χ1) is 4.33. The molecule has 0 saturated carbocycles. The first-order valence-corrected chi connectivity index (χ1v) is 3.13. The smallest absolute Gasteiger partial charge is 0.0307 e. The molecule has 1 heteroatoms. The summed E-state index contributed by atoms with van der Waals surface area (Å²) in [6, 6.07) is 7.61. The molecule has 1 aromatic rings. The number of hydrogen-bond acceptors (Lipinski definition) is 0. The fourth-order valence-electron chi connectivity index (χ4n) is 0.740. The lowest BCUT2D eigenvalue weighted by Gasteiger charge is -2.01. The van der Waals surface area contributed by atoms with E-state index in [9.17, 15) is 0 Å².